The molecule has 2 N–H and O–H groups in total. The van der Waals surface area contributed by atoms with Crippen molar-refractivity contribution in [2.45, 2.75) is 37.1 Å². The fourth-order valence-electron chi connectivity index (χ4n) is 8.98. The van der Waals surface area contributed by atoms with Gasteiger partial charge in [-0.2, -0.15) is 0 Å². The highest BCUT2D eigenvalue weighted by Gasteiger charge is 2.40. The minimum Gasteiger partial charge on any atom is -0.350 e. The Hall–Kier alpha value is -6.27. The first-order chi connectivity index (χ1) is 27.7. The van der Waals surface area contributed by atoms with E-state index in [4.69, 9.17) is 4.99 Å². The monoisotopic (exact) mass is 740 g/mol. The number of fused-ring (bicyclic) bond motifs is 6. The molecule has 0 fully saturated rings. The molecular formula is C51H40N4S. The molecule has 0 saturated carbocycles. The molecule has 0 amide bonds. The van der Waals surface area contributed by atoms with Crippen LogP contribution in [-0.2, 0) is 0 Å². The average Bonchev–Trinajstić information content (AvgIpc) is 3.83. The van der Waals surface area contributed by atoms with Gasteiger partial charge < -0.3 is 10.2 Å². The lowest BCUT2D eigenvalue weighted by Gasteiger charge is -2.35. The Balaban J connectivity index is 0.988. The highest BCUT2D eigenvalue weighted by molar-refractivity contribution is 7.26. The van der Waals surface area contributed by atoms with Gasteiger partial charge in [-0.1, -0.05) is 158 Å². The maximum Gasteiger partial charge on any atom is 0.131 e. The maximum atomic E-state index is 5.43. The van der Waals surface area contributed by atoms with Gasteiger partial charge in [0.25, 0.3) is 0 Å². The van der Waals surface area contributed by atoms with E-state index in [9.17, 15) is 0 Å². The first kappa shape index (κ1) is 33.1. The van der Waals surface area contributed by atoms with E-state index >= 15 is 0 Å². The van der Waals surface area contributed by atoms with Crippen LogP contribution in [0.4, 0.5) is 11.4 Å². The van der Waals surface area contributed by atoms with Crippen molar-refractivity contribution in [1.82, 2.24) is 10.6 Å². The Bertz CT molecular complexity index is 2770. The number of allylic oxidation sites excluding steroid dienone is 4. The van der Waals surface area contributed by atoms with Crippen LogP contribution in [0.2, 0.25) is 0 Å². The first-order valence-electron chi connectivity index (χ1n) is 19.7. The van der Waals surface area contributed by atoms with Gasteiger partial charge in [0.1, 0.15) is 18.2 Å². The lowest BCUT2D eigenvalue weighted by molar-refractivity contribution is 0.409. The van der Waals surface area contributed by atoms with Crippen molar-refractivity contribution in [2.75, 3.05) is 4.90 Å². The molecule has 0 bridgehead atoms. The van der Waals surface area contributed by atoms with Crippen LogP contribution in [0.1, 0.15) is 53.3 Å². The van der Waals surface area contributed by atoms with Crippen molar-refractivity contribution in [3.05, 3.63) is 210 Å². The molecule has 56 heavy (non-hydrogen) atoms. The van der Waals surface area contributed by atoms with Gasteiger partial charge in [-0.05, 0) is 76.1 Å². The summed E-state index contributed by atoms with van der Waals surface area (Å²) in [7, 11) is 0. The fourth-order valence-corrected chi connectivity index (χ4v) is 10.2. The van der Waals surface area contributed by atoms with Crippen molar-refractivity contribution in [3.63, 3.8) is 0 Å². The molecule has 2 aliphatic heterocycles. The Morgan fingerprint density at radius 3 is 2.25 bits per heavy atom. The minimum absolute atomic E-state index is 0.0988. The second kappa shape index (κ2) is 13.8. The zero-order chi connectivity index (χ0) is 37.0. The molecule has 2 aliphatic carbocycles. The van der Waals surface area contributed by atoms with Crippen LogP contribution in [0, 0.1) is 0 Å². The molecule has 3 heterocycles. The normalized spacial score (nSPS) is 21.3. The van der Waals surface area contributed by atoms with Crippen LogP contribution >= 0.6 is 11.3 Å². The van der Waals surface area contributed by atoms with Gasteiger partial charge in [-0.15, -0.1) is 11.3 Å². The summed E-state index contributed by atoms with van der Waals surface area (Å²) >= 11 is 1.89. The van der Waals surface area contributed by atoms with E-state index in [0.717, 1.165) is 29.8 Å². The Labute approximate surface area is 331 Å². The van der Waals surface area contributed by atoms with E-state index in [2.05, 4.69) is 198 Å². The van der Waals surface area contributed by atoms with E-state index in [1.54, 1.807) is 0 Å². The van der Waals surface area contributed by atoms with Gasteiger partial charge in [-0.3, -0.25) is 5.32 Å². The maximum absolute atomic E-state index is 5.43. The Kier molecular flexibility index (Phi) is 8.15. The molecule has 4 atom stereocenters. The molecule has 0 saturated heterocycles. The molecule has 0 spiro atoms. The molecule has 4 aliphatic rings. The smallest absolute Gasteiger partial charge is 0.131 e. The predicted molar refractivity (Wildman–Crippen MR) is 236 cm³/mol. The molecule has 5 heteroatoms. The number of anilines is 2. The summed E-state index contributed by atoms with van der Waals surface area (Å²) in [5, 5.41) is 10.3. The standard InChI is InChI=1S/C51H40N4S/c1-3-12-33(13-4-1)35-22-26-37(27-23-35)49-52-50(38-28-24-36(25-29-38)34-14-5-2-6-15-34)54-51(53-49)39-30-31-41-40-16-7-9-19-44(40)55(46(41)32-39)45-20-11-18-43-42-17-8-10-21-47(42)56-48(43)45/h1-5,7-14,16-32,41,46,49-50,52H,6,15H2,(H,53,54). The van der Waals surface area contributed by atoms with Crippen LogP contribution < -0.4 is 15.5 Å². The summed E-state index contributed by atoms with van der Waals surface area (Å²) in [6.45, 7) is 0. The predicted octanol–water partition coefficient (Wildman–Crippen LogP) is 12.5. The number of amidine groups is 1. The van der Waals surface area contributed by atoms with Crippen LogP contribution in [-0.4, -0.2) is 11.9 Å². The largest absolute Gasteiger partial charge is 0.350 e. The van der Waals surface area contributed by atoms with Gasteiger partial charge in [0.05, 0.1) is 16.4 Å². The van der Waals surface area contributed by atoms with E-state index in [1.807, 2.05) is 11.3 Å². The summed E-state index contributed by atoms with van der Waals surface area (Å²) in [5.41, 5.74) is 12.4. The molecule has 4 nitrogen and oxygen atoms in total. The number of nitrogens with zero attached hydrogens (tertiary/aromatic N) is 2. The summed E-state index contributed by atoms with van der Waals surface area (Å²) in [5.74, 6) is 1.14. The van der Waals surface area contributed by atoms with E-state index in [0.29, 0.717) is 0 Å². The number of para-hydroxylation sites is 1. The quantitative estimate of drug-likeness (QED) is 0.178. The third-order valence-electron chi connectivity index (χ3n) is 11.8. The number of rotatable bonds is 6. The van der Waals surface area contributed by atoms with Crippen molar-refractivity contribution in [1.29, 1.82) is 0 Å². The zero-order valence-corrected chi connectivity index (χ0v) is 31.7. The van der Waals surface area contributed by atoms with Crippen LogP contribution in [0.25, 0.3) is 36.9 Å². The lowest BCUT2D eigenvalue weighted by atomic mass is 9.88. The minimum atomic E-state index is -0.226. The summed E-state index contributed by atoms with van der Waals surface area (Å²) < 4.78 is 2.65. The number of hydrogen-bond donors (Lipinski definition) is 2. The SMILES string of the molecule is C1=CCCC(c2ccc(C3N=C(C4=CC5C(C=C4)c4ccccc4N5c4cccc5c4sc4ccccc45)NC(c4ccc(-c5ccccc5)cc4)N3)cc2)=C1. The first-order valence-corrected chi connectivity index (χ1v) is 20.5. The molecule has 0 radical (unpaired) electrons. The molecule has 4 unspecified atom stereocenters. The van der Waals surface area contributed by atoms with Gasteiger partial charge in [0, 0.05) is 32.7 Å². The second-order valence-electron chi connectivity index (χ2n) is 15.1. The van der Waals surface area contributed by atoms with Crippen molar-refractivity contribution in [3.8, 4) is 11.1 Å². The third kappa shape index (κ3) is 5.74. The second-order valence-corrected chi connectivity index (χ2v) is 16.1. The van der Waals surface area contributed by atoms with Crippen molar-refractivity contribution in [2.24, 2.45) is 4.99 Å². The molecule has 1 aromatic heterocycles. The van der Waals surface area contributed by atoms with E-state index in [1.165, 1.54) is 64.9 Å². The number of nitrogens with one attached hydrogen (secondary N) is 2. The molecular weight excluding hydrogens is 701 g/mol. The average molecular weight is 741 g/mol. The van der Waals surface area contributed by atoms with Gasteiger partial charge in [0.2, 0.25) is 0 Å². The highest BCUT2D eigenvalue weighted by atomic mass is 32.1. The fraction of sp³-hybridized carbons (Fsp3) is 0.118. The lowest BCUT2D eigenvalue weighted by Crippen LogP contribution is -2.45. The van der Waals surface area contributed by atoms with Crippen LogP contribution in [0.15, 0.2) is 193 Å². The molecule has 270 valence electrons. The Morgan fingerprint density at radius 2 is 1.39 bits per heavy atom. The summed E-state index contributed by atoms with van der Waals surface area (Å²) in [6, 6.07) is 53.1. The zero-order valence-electron chi connectivity index (χ0n) is 30.8. The third-order valence-corrected chi connectivity index (χ3v) is 13.0. The number of hydrogen-bond acceptors (Lipinski definition) is 5. The van der Waals surface area contributed by atoms with Crippen LogP contribution in [0.5, 0.6) is 0 Å². The van der Waals surface area contributed by atoms with Gasteiger partial charge >= 0.3 is 0 Å². The topological polar surface area (TPSA) is 39.7 Å². The molecule has 6 aromatic carbocycles. The Morgan fingerprint density at radius 1 is 0.661 bits per heavy atom. The molecule has 7 aromatic rings. The number of thiophene rings is 1. The molecule has 11 rings (SSSR count). The number of benzene rings is 6. The highest BCUT2D eigenvalue weighted by Crippen LogP contribution is 2.51. The van der Waals surface area contributed by atoms with Crippen LogP contribution in [0.3, 0.4) is 0 Å². The van der Waals surface area contributed by atoms with E-state index < -0.39 is 0 Å². The van der Waals surface area contributed by atoms with Crippen molar-refractivity contribution < 1.29 is 0 Å². The van der Waals surface area contributed by atoms with Crippen molar-refractivity contribution >= 4 is 54.3 Å². The van der Waals surface area contributed by atoms with Gasteiger partial charge in [-0.25, -0.2) is 4.99 Å². The van der Waals surface area contributed by atoms with E-state index in [-0.39, 0.29) is 24.3 Å². The van der Waals surface area contributed by atoms with Gasteiger partial charge in [0.15, 0.2) is 0 Å². The number of aliphatic imine (C=N–C) groups is 1. The summed E-state index contributed by atoms with van der Waals surface area (Å²) in [6.07, 6.45) is 15.6. The summed E-state index contributed by atoms with van der Waals surface area (Å²) in [4.78, 5) is 8.01.